The van der Waals surface area contributed by atoms with E-state index in [-0.39, 0.29) is 12.5 Å². The SMILES string of the molecule is Cc1ccccc1S(=O)(=O)N1CCCC(CNCC(=O)O)C1. The molecule has 1 atom stereocenters. The maximum Gasteiger partial charge on any atom is 0.317 e. The van der Waals surface area contributed by atoms with Crippen molar-refractivity contribution in [3.8, 4) is 0 Å². The molecule has 1 unspecified atom stereocenters. The van der Waals surface area contributed by atoms with Crippen LogP contribution in [-0.4, -0.2) is 50.0 Å². The topological polar surface area (TPSA) is 86.7 Å². The number of rotatable bonds is 6. The third-order valence-corrected chi connectivity index (χ3v) is 5.93. The molecule has 0 amide bonds. The van der Waals surface area contributed by atoms with Gasteiger partial charge in [0.2, 0.25) is 10.0 Å². The zero-order chi connectivity index (χ0) is 16.2. The Hall–Kier alpha value is -1.44. The van der Waals surface area contributed by atoms with Gasteiger partial charge in [0, 0.05) is 13.1 Å². The van der Waals surface area contributed by atoms with Gasteiger partial charge in [0.05, 0.1) is 11.4 Å². The number of carboxylic acids is 1. The Bertz CT molecular complexity index is 630. The van der Waals surface area contributed by atoms with Crippen molar-refractivity contribution in [3.63, 3.8) is 0 Å². The first kappa shape index (κ1) is 16.9. The number of piperidine rings is 1. The second-order valence-electron chi connectivity index (χ2n) is 5.66. The smallest absolute Gasteiger partial charge is 0.317 e. The third kappa shape index (κ3) is 4.06. The van der Waals surface area contributed by atoms with Crippen LogP contribution in [0.25, 0.3) is 0 Å². The van der Waals surface area contributed by atoms with Crippen molar-refractivity contribution in [1.82, 2.24) is 9.62 Å². The summed E-state index contributed by atoms with van der Waals surface area (Å²) in [6, 6.07) is 6.98. The van der Waals surface area contributed by atoms with E-state index in [1.165, 1.54) is 4.31 Å². The highest BCUT2D eigenvalue weighted by Crippen LogP contribution is 2.25. The minimum absolute atomic E-state index is 0.0962. The van der Waals surface area contributed by atoms with Crippen molar-refractivity contribution < 1.29 is 18.3 Å². The van der Waals surface area contributed by atoms with E-state index in [4.69, 9.17) is 5.11 Å². The summed E-state index contributed by atoms with van der Waals surface area (Å²) >= 11 is 0. The number of carboxylic acid groups (broad SMARTS) is 1. The molecule has 0 aromatic heterocycles. The largest absolute Gasteiger partial charge is 0.480 e. The van der Waals surface area contributed by atoms with Crippen LogP contribution >= 0.6 is 0 Å². The standard InChI is InChI=1S/C15H22N2O4S/c1-12-5-2-3-7-14(12)22(20,21)17-8-4-6-13(11-17)9-16-10-15(18)19/h2-3,5,7,13,16H,4,6,8-11H2,1H3,(H,18,19). The van der Waals surface area contributed by atoms with Gasteiger partial charge in [0.15, 0.2) is 0 Å². The van der Waals surface area contributed by atoms with Crippen LogP contribution in [0.3, 0.4) is 0 Å². The fraction of sp³-hybridized carbons (Fsp3) is 0.533. The van der Waals surface area contributed by atoms with Crippen LogP contribution < -0.4 is 5.32 Å². The van der Waals surface area contributed by atoms with E-state index in [1.54, 1.807) is 25.1 Å². The van der Waals surface area contributed by atoms with E-state index in [0.29, 0.717) is 24.5 Å². The van der Waals surface area contributed by atoms with Gasteiger partial charge in [0.25, 0.3) is 0 Å². The van der Waals surface area contributed by atoms with Gasteiger partial charge >= 0.3 is 5.97 Å². The van der Waals surface area contributed by atoms with Crippen molar-refractivity contribution >= 4 is 16.0 Å². The third-order valence-electron chi connectivity index (χ3n) is 3.90. The van der Waals surface area contributed by atoms with Crippen LogP contribution in [0.5, 0.6) is 0 Å². The molecule has 2 rings (SSSR count). The summed E-state index contributed by atoms with van der Waals surface area (Å²) < 4.78 is 27.0. The van der Waals surface area contributed by atoms with Crippen LogP contribution in [0.2, 0.25) is 0 Å². The average molecular weight is 326 g/mol. The zero-order valence-electron chi connectivity index (χ0n) is 12.7. The lowest BCUT2D eigenvalue weighted by Crippen LogP contribution is -2.43. The molecule has 1 heterocycles. The molecule has 1 aromatic rings. The first-order valence-electron chi connectivity index (χ1n) is 7.39. The van der Waals surface area contributed by atoms with Crippen LogP contribution in [0.1, 0.15) is 18.4 Å². The fourth-order valence-corrected chi connectivity index (χ4v) is 4.56. The number of nitrogens with zero attached hydrogens (tertiary/aromatic N) is 1. The first-order chi connectivity index (χ1) is 10.4. The number of nitrogens with one attached hydrogen (secondary N) is 1. The minimum atomic E-state index is -3.48. The highest BCUT2D eigenvalue weighted by Gasteiger charge is 2.30. The van der Waals surface area contributed by atoms with Gasteiger partial charge < -0.3 is 10.4 Å². The van der Waals surface area contributed by atoms with Crippen molar-refractivity contribution in [2.24, 2.45) is 5.92 Å². The summed E-state index contributed by atoms with van der Waals surface area (Å²) in [5, 5.41) is 11.5. The summed E-state index contributed by atoms with van der Waals surface area (Å²) in [6.07, 6.45) is 1.71. The summed E-state index contributed by atoms with van der Waals surface area (Å²) in [5.74, 6) is -0.757. The molecule has 1 fully saturated rings. The number of hydrogen-bond donors (Lipinski definition) is 2. The Morgan fingerprint density at radius 2 is 2.14 bits per heavy atom. The lowest BCUT2D eigenvalue weighted by atomic mass is 10.00. The predicted molar refractivity (Wildman–Crippen MR) is 83.2 cm³/mol. The lowest BCUT2D eigenvalue weighted by molar-refractivity contribution is -0.136. The molecule has 0 aliphatic carbocycles. The molecule has 0 spiro atoms. The molecule has 0 saturated carbocycles. The quantitative estimate of drug-likeness (QED) is 0.816. The zero-order valence-corrected chi connectivity index (χ0v) is 13.5. The number of sulfonamides is 1. The van der Waals surface area contributed by atoms with Gasteiger partial charge in [-0.3, -0.25) is 4.79 Å². The van der Waals surface area contributed by atoms with E-state index in [1.807, 2.05) is 6.07 Å². The van der Waals surface area contributed by atoms with Crippen molar-refractivity contribution in [2.75, 3.05) is 26.2 Å². The minimum Gasteiger partial charge on any atom is -0.480 e. The van der Waals surface area contributed by atoms with E-state index >= 15 is 0 Å². The van der Waals surface area contributed by atoms with Crippen LogP contribution in [0.4, 0.5) is 0 Å². The second kappa shape index (κ2) is 7.21. The first-order valence-corrected chi connectivity index (χ1v) is 8.83. The average Bonchev–Trinajstić information content (AvgIpc) is 2.47. The van der Waals surface area contributed by atoms with Gasteiger partial charge in [-0.05, 0) is 43.9 Å². The van der Waals surface area contributed by atoms with Crippen LogP contribution in [-0.2, 0) is 14.8 Å². The molecular formula is C15H22N2O4S. The molecule has 7 heteroatoms. The summed E-state index contributed by atoms with van der Waals surface area (Å²) in [4.78, 5) is 10.9. The molecule has 1 aromatic carbocycles. The Morgan fingerprint density at radius 3 is 2.82 bits per heavy atom. The molecule has 2 N–H and O–H groups in total. The molecule has 0 bridgehead atoms. The molecule has 1 aliphatic rings. The van der Waals surface area contributed by atoms with Crippen LogP contribution in [0, 0.1) is 12.8 Å². The fourth-order valence-electron chi connectivity index (χ4n) is 2.78. The van der Waals surface area contributed by atoms with E-state index in [9.17, 15) is 13.2 Å². The Balaban J connectivity index is 2.05. The summed E-state index contributed by atoms with van der Waals surface area (Å²) in [6.45, 7) is 3.17. The maximum atomic E-state index is 12.7. The Labute approximate surface area is 131 Å². The number of carbonyl (C=O) groups is 1. The van der Waals surface area contributed by atoms with Crippen LogP contribution in [0.15, 0.2) is 29.2 Å². The maximum absolute atomic E-state index is 12.7. The molecule has 122 valence electrons. The summed E-state index contributed by atoms with van der Waals surface area (Å²) in [7, 11) is -3.48. The molecule has 1 saturated heterocycles. The van der Waals surface area contributed by atoms with Gasteiger partial charge in [-0.25, -0.2) is 8.42 Å². The van der Waals surface area contributed by atoms with E-state index in [0.717, 1.165) is 18.4 Å². The van der Waals surface area contributed by atoms with Gasteiger partial charge in [-0.15, -0.1) is 0 Å². The molecule has 1 aliphatic heterocycles. The number of aryl methyl sites for hydroxylation is 1. The summed E-state index contributed by atoms with van der Waals surface area (Å²) in [5.41, 5.74) is 0.744. The predicted octanol–water partition coefficient (Wildman–Crippen LogP) is 1.07. The molecule has 22 heavy (non-hydrogen) atoms. The normalized spacial score (nSPS) is 20.0. The van der Waals surface area contributed by atoms with Gasteiger partial charge in [-0.1, -0.05) is 18.2 Å². The number of aliphatic carboxylic acids is 1. The molecule has 0 radical (unpaired) electrons. The lowest BCUT2D eigenvalue weighted by Gasteiger charge is -2.32. The van der Waals surface area contributed by atoms with E-state index in [2.05, 4.69) is 5.32 Å². The highest BCUT2D eigenvalue weighted by atomic mass is 32.2. The Morgan fingerprint density at radius 1 is 1.41 bits per heavy atom. The van der Waals surface area contributed by atoms with Gasteiger partial charge in [0.1, 0.15) is 0 Å². The molecule has 6 nitrogen and oxygen atoms in total. The number of hydrogen-bond acceptors (Lipinski definition) is 4. The van der Waals surface area contributed by atoms with E-state index < -0.39 is 16.0 Å². The van der Waals surface area contributed by atoms with Gasteiger partial charge in [-0.2, -0.15) is 4.31 Å². The second-order valence-corrected chi connectivity index (χ2v) is 7.57. The van der Waals surface area contributed by atoms with Crippen molar-refractivity contribution in [1.29, 1.82) is 0 Å². The molecular weight excluding hydrogens is 304 g/mol. The van der Waals surface area contributed by atoms with Crippen molar-refractivity contribution in [3.05, 3.63) is 29.8 Å². The monoisotopic (exact) mass is 326 g/mol. The Kier molecular flexibility index (Phi) is 5.55. The van der Waals surface area contributed by atoms with Crippen molar-refractivity contribution in [2.45, 2.75) is 24.7 Å². The highest BCUT2D eigenvalue weighted by molar-refractivity contribution is 7.89. The number of benzene rings is 1.